The first-order chi connectivity index (χ1) is 31.2. The maximum atomic E-state index is 11.2. The normalized spacial score (nSPS) is 11.2. The first kappa shape index (κ1) is 55.3. The average molecular weight is 921 g/mol. The molecule has 0 atom stereocenters. The molecular formula is C38H60N6O20. The number of nitrogens with one attached hydrogen (secondary N) is 2. The van der Waals surface area contributed by atoms with E-state index < -0.39 is 19.7 Å². The van der Waals surface area contributed by atoms with Gasteiger partial charge in [-0.05, 0) is 12.1 Å². The van der Waals surface area contributed by atoms with Crippen LogP contribution in [0.1, 0.15) is 0 Å². The van der Waals surface area contributed by atoms with Crippen LogP contribution < -0.4 is 10.6 Å². The molecule has 0 unspecified atom stereocenters. The molecule has 26 heteroatoms. The Morgan fingerprint density at radius 2 is 0.516 bits per heavy atom. The maximum Gasteiger partial charge on any atom is 0.299 e. The van der Waals surface area contributed by atoms with E-state index in [9.17, 15) is 40.5 Å². The van der Waals surface area contributed by atoms with Gasteiger partial charge in [0.1, 0.15) is 11.4 Å². The zero-order valence-electron chi connectivity index (χ0n) is 35.8. The molecule has 0 bridgehead atoms. The van der Waals surface area contributed by atoms with Crippen LogP contribution in [0.4, 0.5) is 34.1 Å². The number of hydrogen-bond acceptors (Lipinski definition) is 22. The van der Waals surface area contributed by atoms with Crippen molar-refractivity contribution in [2.24, 2.45) is 0 Å². The Balaban J connectivity index is 1.19. The summed E-state index contributed by atoms with van der Waals surface area (Å²) in [7, 11) is 0. The average Bonchev–Trinajstić information content (AvgIpc) is 3.28. The first-order valence-corrected chi connectivity index (χ1v) is 20.5. The second-order valence-electron chi connectivity index (χ2n) is 12.6. The van der Waals surface area contributed by atoms with Crippen molar-refractivity contribution in [3.63, 3.8) is 0 Å². The van der Waals surface area contributed by atoms with E-state index in [1.807, 2.05) is 0 Å². The highest BCUT2D eigenvalue weighted by Crippen LogP contribution is 2.29. The highest BCUT2D eigenvalue weighted by Gasteiger charge is 2.20. The fourth-order valence-corrected chi connectivity index (χ4v) is 4.91. The van der Waals surface area contributed by atoms with Crippen molar-refractivity contribution in [1.82, 2.24) is 0 Å². The summed E-state index contributed by atoms with van der Waals surface area (Å²) in [5.74, 6) is 0. The van der Waals surface area contributed by atoms with Crippen molar-refractivity contribution in [2.45, 2.75) is 0 Å². The Labute approximate surface area is 369 Å². The third kappa shape index (κ3) is 28.1. The van der Waals surface area contributed by atoms with Crippen molar-refractivity contribution in [1.29, 1.82) is 0 Å². The van der Waals surface area contributed by atoms with Crippen LogP contribution in [0.25, 0.3) is 0 Å². The quantitative estimate of drug-likeness (QED) is 0.0548. The predicted octanol–water partition coefficient (Wildman–Crippen LogP) is 3.04. The monoisotopic (exact) mass is 920 g/mol. The van der Waals surface area contributed by atoms with Crippen LogP contribution in [-0.2, 0) is 56.8 Å². The van der Waals surface area contributed by atoms with Crippen LogP contribution in [0, 0.1) is 40.5 Å². The van der Waals surface area contributed by atoms with Crippen LogP contribution in [-0.4, -0.2) is 191 Å². The lowest BCUT2D eigenvalue weighted by Crippen LogP contribution is -2.16. The number of nitro groups is 4. The number of rotatable bonds is 45. The van der Waals surface area contributed by atoms with E-state index >= 15 is 0 Å². The van der Waals surface area contributed by atoms with Crippen molar-refractivity contribution in [2.75, 3.05) is 182 Å². The molecule has 0 radical (unpaired) electrons. The molecule has 2 rings (SSSR count). The fourth-order valence-electron chi connectivity index (χ4n) is 4.91. The van der Waals surface area contributed by atoms with Gasteiger partial charge < -0.3 is 67.5 Å². The van der Waals surface area contributed by atoms with Crippen molar-refractivity contribution in [3.8, 4) is 0 Å². The lowest BCUT2D eigenvalue weighted by molar-refractivity contribution is -0.393. The minimum absolute atomic E-state index is 0.174. The molecule has 2 aromatic rings. The largest absolute Gasteiger partial charge is 0.377 e. The Hall–Kier alpha value is -4.84. The molecule has 0 aliphatic heterocycles. The molecule has 0 saturated carbocycles. The van der Waals surface area contributed by atoms with Gasteiger partial charge in [0.2, 0.25) is 0 Å². The number of nitrogens with zero attached hydrogens (tertiary/aromatic N) is 4. The van der Waals surface area contributed by atoms with Crippen molar-refractivity contribution in [3.05, 3.63) is 76.9 Å². The summed E-state index contributed by atoms with van der Waals surface area (Å²) in [6.07, 6.45) is 0. The Bertz CT molecular complexity index is 1470. The summed E-state index contributed by atoms with van der Waals surface area (Å²) in [4.78, 5) is 41.3. The van der Waals surface area contributed by atoms with Gasteiger partial charge in [-0.25, -0.2) is 0 Å². The summed E-state index contributed by atoms with van der Waals surface area (Å²) in [5, 5.41) is 49.7. The van der Waals surface area contributed by atoms with E-state index in [1.54, 1.807) is 0 Å². The van der Waals surface area contributed by atoms with Gasteiger partial charge in [-0.3, -0.25) is 40.5 Å². The number of nitro benzene ring substituents is 4. The molecule has 0 spiro atoms. The van der Waals surface area contributed by atoms with Crippen LogP contribution in [0.15, 0.2) is 36.4 Å². The zero-order chi connectivity index (χ0) is 46.3. The Morgan fingerprint density at radius 3 is 0.703 bits per heavy atom. The van der Waals surface area contributed by atoms with E-state index in [1.165, 1.54) is 24.3 Å². The molecule has 0 saturated heterocycles. The Kier molecular flexibility index (Phi) is 32.4. The summed E-state index contributed by atoms with van der Waals surface area (Å²) in [6, 6.07) is 6.80. The molecule has 0 aromatic heterocycles. The minimum atomic E-state index is -0.689. The van der Waals surface area contributed by atoms with Gasteiger partial charge in [0.15, 0.2) is 0 Å². The van der Waals surface area contributed by atoms with Gasteiger partial charge in [-0.1, -0.05) is 0 Å². The molecule has 0 amide bonds. The smallest absolute Gasteiger partial charge is 0.299 e. The molecule has 26 nitrogen and oxygen atoms in total. The topological polar surface area (TPSA) is 307 Å². The number of hydrogen-bond donors (Lipinski definition) is 2. The highest BCUT2D eigenvalue weighted by atomic mass is 16.6. The fraction of sp³-hybridized carbons (Fsp3) is 0.684. The van der Waals surface area contributed by atoms with Gasteiger partial charge in [0, 0.05) is 25.2 Å². The van der Waals surface area contributed by atoms with Crippen LogP contribution in [0.2, 0.25) is 0 Å². The standard InChI is InChI=1S/C38H60N6O20/c45-41(46)33-1-3-35(37(31-33)43(49)50)39-5-7-53-9-11-55-13-15-57-17-19-59-21-23-61-25-27-63-29-30-64-28-26-62-24-22-60-20-18-58-16-14-56-12-10-54-8-6-40-36-4-2-34(42(47)48)32-38(36)44(51)52/h1-4,31-32,39-40H,5-30H2. The van der Waals surface area contributed by atoms with Crippen molar-refractivity contribution >= 4 is 34.1 Å². The molecule has 0 heterocycles. The number of ether oxygens (including phenoxy) is 12. The van der Waals surface area contributed by atoms with Gasteiger partial charge in [0.05, 0.1) is 190 Å². The predicted molar refractivity (Wildman–Crippen MR) is 226 cm³/mol. The van der Waals surface area contributed by atoms with Gasteiger partial charge in [-0.2, -0.15) is 0 Å². The summed E-state index contributed by atoms with van der Waals surface area (Å²) >= 11 is 0. The van der Waals surface area contributed by atoms with Gasteiger partial charge in [-0.15, -0.1) is 0 Å². The zero-order valence-corrected chi connectivity index (χ0v) is 35.8. The molecule has 0 aliphatic carbocycles. The molecule has 0 fully saturated rings. The van der Waals surface area contributed by atoms with Crippen LogP contribution >= 0.6 is 0 Å². The third-order valence-electron chi connectivity index (χ3n) is 7.99. The maximum absolute atomic E-state index is 11.2. The van der Waals surface area contributed by atoms with Crippen LogP contribution in [0.3, 0.4) is 0 Å². The molecule has 64 heavy (non-hydrogen) atoms. The molecule has 362 valence electrons. The molecular weight excluding hydrogens is 860 g/mol. The molecule has 2 aromatic carbocycles. The number of anilines is 2. The Morgan fingerprint density at radius 1 is 0.312 bits per heavy atom. The lowest BCUT2D eigenvalue weighted by atomic mass is 10.2. The third-order valence-corrected chi connectivity index (χ3v) is 7.99. The first-order valence-electron chi connectivity index (χ1n) is 20.5. The van der Waals surface area contributed by atoms with Crippen LogP contribution in [0.5, 0.6) is 0 Å². The number of benzene rings is 2. The molecule has 0 aliphatic rings. The minimum Gasteiger partial charge on any atom is -0.377 e. The van der Waals surface area contributed by atoms with Gasteiger partial charge in [0.25, 0.3) is 22.7 Å². The summed E-state index contributed by atoms with van der Waals surface area (Å²) in [5.41, 5.74) is -1.12. The van der Waals surface area contributed by atoms with Gasteiger partial charge >= 0.3 is 0 Å². The second kappa shape index (κ2) is 37.5. The van der Waals surface area contributed by atoms with E-state index in [-0.39, 0.29) is 60.4 Å². The highest BCUT2D eigenvalue weighted by molar-refractivity contribution is 5.66. The van der Waals surface area contributed by atoms with E-state index in [2.05, 4.69) is 10.6 Å². The van der Waals surface area contributed by atoms with E-state index in [4.69, 9.17) is 56.8 Å². The van der Waals surface area contributed by atoms with Crippen molar-refractivity contribution < 1.29 is 76.5 Å². The second-order valence-corrected chi connectivity index (χ2v) is 12.6. The van der Waals surface area contributed by atoms with E-state index in [0.717, 1.165) is 12.1 Å². The SMILES string of the molecule is O=[N+]([O-])c1ccc(NCCOCCOCCOCCOCCOCCOCCOCCOCCOCCOCCOCCOCCNc2ccc([N+](=O)[O-])cc2[N+](=O)[O-])c([N+](=O)[O-])c1. The summed E-state index contributed by atoms with van der Waals surface area (Å²) < 4.78 is 65.4. The number of non-ortho nitro benzene ring substituents is 2. The lowest BCUT2D eigenvalue weighted by Gasteiger charge is -2.09. The molecule has 2 N–H and O–H groups in total. The summed E-state index contributed by atoms with van der Waals surface area (Å²) in [6.45, 7) is 10.0. The van der Waals surface area contributed by atoms with E-state index in [0.29, 0.717) is 145 Å².